The van der Waals surface area contributed by atoms with Crippen molar-refractivity contribution in [3.05, 3.63) is 39.4 Å². The Morgan fingerprint density at radius 1 is 1.54 bits per heavy atom. The summed E-state index contributed by atoms with van der Waals surface area (Å²) >= 11 is 0. The van der Waals surface area contributed by atoms with Gasteiger partial charge in [-0.3, -0.25) is 15.1 Å². The summed E-state index contributed by atoms with van der Waals surface area (Å²) in [6, 6.07) is 4.87. The van der Waals surface area contributed by atoms with E-state index in [9.17, 15) is 10.1 Å². The Balaban J connectivity index is 2.49. The van der Waals surface area contributed by atoms with Gasteiger partial charge in [-0.05, 0) is 18.6 Å². The highest BCUT2D eigenvalue weighted by atomic mass is 16.6. The van der Waals surface area contributed by atoms with Crippen molar-refractivity contribution >= 4 is 11.4 Å². The molecule has 0 saturated heterocycles. The first kappa shape index (κ1) is 7.91. The number of hydrogen-bond acceptors (Lipinski definition) is 3. The van der Waals surface area contributed by atoms with E-state index in [1.807, 2.05) is 6.92 Å². The highest BCUT2D eigenvalue weighted by molar-refractivity contribution is 6.02. The Hall–Kier alpha value is -1.71. The van der Waals surface area contributed by atoms with Gasteiger partial charge in [0.15, 0.2) is 0 Å². The second-order valence-electron chi connectivity index (χ2n) is 3.00. The Labute approximate surface area is 75.1 Å². The van der Waals surface area contributed by atoms with Crippen molar-refractivity contribution in [2.75, 3.05) is 0 Å². The molecule has 0 atom stereocenters. The number of nitro benzene ring substituents is 1. The largest absolute Gasteiger partial charge is 0.285 e. The van der Waals surface area contributed by atoms with Crippen molar-refractivity contribution < 1.29 is 4.92 Å². The second-order valence-corrected chi connectivity index (χ2v) is 3.00. The molecule has 0 N–H and O–H groups in total. The van der Waals surface area contributed by atoms with Gasteiger partial charge >= 0.3 is 0 Å². The molecule has 0 aliphatic carbocycles. The minimum atomic E-state index is -0.381. The summed E-state index contributed by atoms with van der Waals surface area (Å²) in [5, 5.41) is 10.5. The van der Waals surface area contributed by atoms with Gasteiger partial charge in [0.25, 0.3) is 5.69 Å². The van der Waals surface area contributed by atoms with Crippen LogP contribution in [0.2, 0.25) is 0 Å². The number of non-ortho nitro benzene ring substituents is 1. The zero-order chi connectivity index (χ0) is 9.42. The normalized spacial score (nSPS) is 13.8. The van der Waals surface area contributed by atoms with E-state index in [-0.39, 0.29) is 10.6 Å². The van der Waals surface area contributed by atoms with Crippen LogP contribution in [0.4, 0.5) is 5.69 Å². The lowest BCUT2D eigenvalue weighted by Crippen LogP contribution is -1.94. The minimum absolute atomic E-state index is 0.142. The van der Waals surface area contributed by atoms with Crippen LogP contribution in [-0.2, 0) is 6.54 Å². The molecule has 1 aliphatic rings. The van der Waals surface area contributed by atoms with Gasteiger partial charge in [-0.1, -0.05) is 0 Å². The van der Waals surface area contributed by atoms with Gasteiger partial charge in [-0.25, -0.2) is 0 Å². The third-order valence-electron chi connectivity index (χ3n) is 2.18. The Kier molecular flexibility index (Phi) is 1.62. The van der Waals surface area contributed by atoms with Crippen molar-refractivity contribution in [3.8, 4) is 0 Å². The van der Waals surface area contributed by atoms with Crippen LogP contribution in [0, 0.1) is 10.1 Å². The number of fused-ring (bicyclic) bond motifs is 1. The van der Waals surface area contributed by atoms with Crippen LogP contribution >= 0.6 is 0 Å². The third-order valence-corrected chi connectivity index (χ3v) is 2.18. The van der Waals surface area contributed by atoms with Crippen molar-refractivity contribution in [1.29, 1.82) is 0 Å². The molecular formula is C9H8N2O2. The fourth-order valence-electron chi connectivity index (χ4n) is 1.47. The van der Waals surface area contributed by atoms with Crippen molar-refractivity contribution in [2.45, 2.75) is 13.5 Å². The summed E-state index contributed by atoms with van der Waals surface area (Å²) in [6.45, 7) is 2.49. The average molecular weight is 176 g/mol. The number of nitro groups is 1. The minimum Gasteiger partial charge on any atom is -0.285 e. The molecule has 13 heavy (non-hydrogen) atoms. The molecule has 4 heteroatoms. The van der Waals surface area contributed by atoms with Crippen LogP contribution in [0.15, 0.2) is 23.2 Å². The van der Waals surface area contributed by atoms with E-state index >= 15 is 0 Å². The van der Waals surface area contributed by atoms with E-state index in [4.69, 9.17) is 0 Å². The summed E-state index contributed by atoms with van der Waals surface area (Å²) in [4.78, 5) is 14.3. The van der Waals surface area contributed by atoms with Gasteiger partial charge in [-0.2, -0.15) is 0 Å². The number of nitrogens with zero attached hydrogens (tertiary/aromatic N) is 2. The van der Waals surface area contributed by atoms with Gasteiger partial charge in [0.05, 0.1) is 11.5 Å². The molecule has 0 saturated carbocycles. The smallest absolute Gasteiger partial charge is 0.269 e. The zero-order valence-electron chi connectivity index (χ0n) is 7.15. The van der Waals surface area contributed by atoms with Crippen LogP contribution in [-0.4, -0.2) is 10.6 Å². The molecule has 1 aromatic carbocycles. The lowest BCUT2D eigenvalue weighted by Gasteiger charge is -1.97. The molecule has 1 aliphatic heterocycles. The van der Waals surface area contributed by atoms with Gasteiger partial charge in [-0.15, -0.1) is 0 Å². The van der Waals surface area contributed by atoms with E-state index in [0.717, 1.165) is 16.8 Å². The predicted molar refractivity (Wildman–Crippen MR) is 49.0 cm³/mol. The maximum Gasteiger partial charge on any atom is 0.269 e. The quantitative estimate of drug-likeness (QED) is 0.484. The predicted octanol–water partition coefficient (Wildman–Crippen LogP) is 1.92. The van der Waals surface area contributed by atoms with Crippen molar-refractivity contribution in [1.82, 2.24) is 0 Å². The van der Waals surface area contributed by atoms with Gasteiger partial charge in [0.2, 0.25) is 0 Å². The number of rotatable bonds is 1. The molecule has 66 valence electrons. The maximum atomic E-state index is 10.5. The van der Waals surface area contributed by atoms with Gasteiger partial charge in [0.1, 0.15) is 0 Å². The van der Waals surface area contributed by atoms with E-state index in [1.165, 1.54) is 6.07 Å². The molecular weight excluding hydrogens is 168 g/mol. The van der Waals surface area contributed by atoms with Crippen LogP contribution in [0.1, 0.15) is 18.1 Å². The Morgan fingerprint density at radius 2 is 2.31 bits per heavy atom. The summed E-state index contributed by atoms with van der Waals surface area (Å²) in [5.74, 6) is 0. The standard InChI is InChI=1S/C9H8N2O2/c1-6-9-3-2-8(11(12)13)4-7(9)5-10-6/h2-4H,5H2,1H3. The molecule has 1 aromatic rings. The zero-order valence-corrected chi connectivity index (χ0v) is 7.15. The van der Waals surface area contributed by atoms with E-state index < -0.39 is 0 Å². The first-order chi connectivity index (χ1) is 6.18. The van der Waals surface area contributed by atoms with Crippen LogP contribution in [0.25, 0.3) is 0 Å². The first-order valence-electron chi connectivity index (χ1n) is 3.97. The molecule has 0 bridgehead atoms. The van der Waals surface area contributed by atoms with Gasteiger partial charge in [0, 0.05) is 23.4 Å². The average Bonchev–Trinajstić information content (AvgIpc) is 2.47. The van der Waals surface area contributed by atoms with Crippen molar-refractivity contribution in [3.63, 3.8) is 0 Å². The number of hydrogen-bond donors (Lipinski definition) is 0. The molecule has 0 radical (unpaired) electrons. The van der Waals surface area contributed by atoms with Crippen molar-refractivity contribution in [2.24, 2.45) is 4.99 Å². The number of aliphatic imine (C=N–C) groups is 1. The molecule has 1 heterocycles. The summed E-state index contributed by atoms with van der Waals surface area (Å²) < 4.78 is 0. The summed E-state index contributed by atoms with van der Waals surface area (Å²) in [7, 11) is 0. The summed E-state index contributed by atoms with van der Waals surface area (Å²) in [6.07, 6.45) is 0. The van der Waals surface area contributed by atoms with E-state index in [0.29, 0.717) is 6.54 Å². The fraction of sp³-hybridized carbons (Fsp3) is 0.222. The molecule has 0 fully saturated rings. The maximum absolute atomic E-state index is 10.5. The highest BCUT2D eigenvalue weighted by Crippen LogP contribution is 2.23. The highest BCUT2D eigenvalue weighted by Gasteiger charge is 2.15. The van der Waals surface area contributed by atoms with Crippen LogP contribution in [0.5, 0.6) is 0 Å². The molecule has 0 aromatic heterocycles. The van der Waals surface area contributed by atoms with E-state index in [2.05, 4.69) is 4.99 Å². The molecule has 4 nitrogen and oxygen atoms in total. The fourth-order valence-corrected chi connectivity index (χ4v) is 1.47. The third kappa shape index (κ3) is 1.20. The molecule has 0 amide bonds. The molecule has 0 unspecified atom stereocenters. The van der Waals surface area contributed by atoms with Crippen LogP contribution in [0.3, 0.4) is 0 Å². The van der Waals surface area contributed by atoms with Crippen LogP contribution < -0.4 is 0 Å². The molecule has 0 spiro atoms. The lowest BCUT2D eigenvalue weighted by molar-refractivity contribution is -0.384. The number of benzene rings is 1. The second kappa shape index (κ2) is 2.65. The van der Waals surface area contributed by atoms with E-state index in [1.54, 1.807) is 12.1 Å². The Morgan fingerprint density at radius 3 is 3.00 bits per heavy atom. The molecule has 2 rings (SSSR count). The summed E-state index contributed by atoms with van der Waals surface area (Å²) in [5.41, 5.74) is 3.09. The lowest BCUT2D eigenvalue weighted by atomic mass is 10.1. The monoisotopic (exact) mass is 176 g/mol. The van der Waals surface area contributed by atoms with Gasteiger partial charge < -0.3 is 0 Å². The topological polar surface area (TPSA) is 55.5 Å². The SMILES string of the molecule is CC1=NCc2cc([N+](=O)[O-])ccc21. The first-order valence-corrected chi connectivity index (χ1v) is 3.97. The Bertz CT molecular complexity index is 410.